The van der Waals surface area contributed by atoms with Crippen molar-refractivity contribution < 1.29 is 0 Å². The summed E-state index contributed by atoms with van der Waals surface area (Å²) in [7, 11) is 0. The molecule has 2 heterocycles. The predicted molar refractivity (Wildman–Crippen MR) is 52.3 cm³/mol. The molecule has 1 nitrogen and oxygen atoms in total. The summed E-state index contributed by atoms with van der Waals surface area (Å²) in [5.74, 6) is 0. The molecule has 0 radical (unpaired) electrons. The van der Waals surface area contributed by atoms with Gasteiger partial charge in [0.1, 0.15) is 0 Å². The molecule has 0 aromatic carbocycles. The maximum atomic E-state index is 2.80. The van der Waals surface area contributed by atoms with Crippen molar-refractivity contribution >= 4 is 0 Å². The van der Waals surface area contributed by atoms with Gasteiger partial charge in [0.05, 0.1) is 0 Å². The predicted octanol–water partition coefficient (Wildman–Crippen LogP) is 2.80. The van der Waals surface area contributed by atoms with E-state index >= 15 is 0 Å². The highest BCUT2D eigenvalue weighted by atomic mass is 15.2. The third-order valence-corrected chi connectivity index (χ3v) is 3.59. The Kier molecular flexibility index (Phi) is 2.69. The quantitative estimate of drug-likeness (QED) is 0.611. The van der Waals surface area contributed by atoms with E-state index in [4.69, 9.17) is 0 Å². The van der Waals surface area contributed by atoms with Crippen LogP contribution in [-0.2, 0) is 0 Å². The summed E-state index contributed by atoms with van der Waals surface area (Å²) in [5, 5.41) is 0. The molecular formula is C11H21N. The highest BCUT2D eigenvalue weighted by Gasteiger charge is 2.32. The largest absolute Gasteiger partial charge is 0.297 e. The van der Waals surface area contributed by atoms with Crippen LogP contribution in [0.2, 0.25) is 0 Å². The molecule has 2 aliphatic heterocycles. The van der Waals surface area contributed by atoms with Crippen LogP contribution >= 0.6 is 0 Å². The highest BCUT2D eigenvalue weighted by Crippen LogP contribution is 2.32. The summed E-state index contributed by atoms with van der Waals surface area (Å²) >= 11 is 0. The van der Waals surface area contributed by atoms with E-state index in [9.17, 15) is 0 Å². The summed E-state index contributed by atoms with van der Waals surface area (Å²) in [6.07, 6.45) is 10.2. The van der Waals surface area contributed by atoms with Crippen LogP contribution in [0.1, 0.15) is 51.9 Å². The summed E-state index contributed by atoms with van der Waals surface area (Å²) in [6, 6.07) is 1.94. The van der Waals surface area contributed by atoms with Crippen LogP contribution < -0.4 is 0 Å². The maximum absolute atomic E-state index is 2.80. The first-order chi connectivity index (χ1) is 5.92. The Bertz CT molecular complexity index is 142. The monoisotopic (exact) mass is 167 g/mol. The fourth-order valence-electron chi connectivity index (χ4n) is 3.05. The van der Waals surface area contributed by atoms with Crippen molar-refractivity contribution in [3.05, 3.63) is 0 Å². The SMILES string of the molecule is CCC[C@H]1CCC[C@H]2CCCN21. The van der Waals surface area contributed by atoms with Gasteiger partial charge in [-0.15, -0.1) is 0 Å². The zero-order valence-corrected chi connectivity index (χ0v) is 8.26. The molecular weight excluding hydrogens is 146 g/mol. The number of nitrogens with zero attached hydrogens (tertiary/aromatic N) is 1. The first kappa shape index (κ1) is 8.55. The van der Waals surface area contributed by atoms with Crippen molar-refractivity contribution in [2.45, 2.75) is 64.0 Å². The van der Waals surface area contributed by atoms with Gasteiger partial charge in [-0.05, 0) is 38.6 Å². The Morgan fingerprint density at radius 3 is 2.83 bits per heavy atom. The smallest absolute Gasteiger partial charge is 0.00986 e. The fourth-order valence-corrected chi connectivity index (χ4v) is 3.05. The average molecular weight is 167 g/mol. The van der Waals surface area contributed by atoms with Gasteiger partial charge in [-0.3, -0.25) is 4.90 Å². The van der Waals surface area contributed by atoms with Crippen molar-refractivity contribution in [2.24, 2.45) is 0 Å². The van der Waals surface area contributed by atoms with Crippen LogP contribution in [0.25, 0.3) is 0 Å². The van der Waals surface area contributed by atoms with Gasteiger partial charge in [0.25, 0.3) is 0 Å². The molecule has 2 saturated heterocycles. The van der Waals surface area contributed by atoms with Crippen molar-refractivity contribution in [2.75, 3.05) is 6.54 Å². The Labute approximate surface area is 76.1 Å². The van der Waals surface area contributed by atoms with Gasteiger partial charge in [-0.1, -0.05) is 19.8 Å². The van der Waals surface area contributed by atoms with Crippen molar-refractivity contribution in [3.63, 3.8) is 0 Å². The van der Waals surface area contributed by atoms with E-state index in [1.54, 1.807) is 0 Å². The summed E-state index contributed by atoms with van der Waals surface area (Å²) in [4.78, 5) is 2.80. The molecule has 0 spiro atoms. The van der Waals surface area contributed by atoms with Gasteiger partial charge < -0.3 is 0 Å². The molecule has 1 heteroatoms. The number of fused-ring (bicyclic) bond motifs is 1. The molecule has 0 aromatic rings. The van der Waals surface area contributed by atoms with Crippen molar-refractivity contribution in [1.82, 2.24) is 4.90 Å². The van der Waals surface area contributed by atoms with Crippen LogP contribution in [0.4, 0.5) is 0 Å². The molecule has 0 saturated carbocycles. The zero-order valence-electron chi connectivity index (χ0n) is 8.26. The molecule has 0 bridgehead atoms. The lowest BCUT2D eigenvalue weighted by atomic mass is 9.94. The second kappa shape index (κ2) is 3.78. The maximum Gasteiger partial charge on any atom is 0.00986 e. The minimum absolute atomic E-state index is 0.955. The van der Waals surface area contributed by atoms with Crippen LogP contribution in [0.3, 0.4) is 0 Å². The summed E-state index contributed by atoms with van der Waals surface area (Å²) in [5.41, 5.74) is 0. The number of hydrogen-bond donors (Lipinski definition) is 0. The molecule has 70 valence electrons. The summed E-state index contributed by atoms with van der Waals surface area (Å²) in [6.45, 7) is 3.72. The molecule has 12 heavy (non-hydrogen) atoms. The van der Waals surface area contributed by atoms with E-state index in [-0.39, 0.29) is 0 Å². The van der Waals surface area contributed by atoms with Crippen LogP contribution in [0.15, 0.2) is 0 Å². The lowest BCUT2D eigenvalue weighted by Crippen LogP contribution is -2.42. The Morgan fingerprint density at radius 1 is 1.17 bits per heavy atom. The van der Waals surface area contributed by atoms with Gasteiger partial charge >= 0.3 is 0 Å². The fraction of sp³-hybridized carbons (Fsp3) is 1.00. The molecule has 0 amide bonds. The molecule has 2 fully saturated rings. The molecule has 0 unspecified atom stereocenters. The van der Waals surface area contributed by atoms with E-state index in [1.807, 2.05) is 0 Å². The van der Waals surface area contributed by atoms with E-state index in [1.165, 1.54) is 51.5 Å². The minimum Gasteiger partial charge on any atom is -0.297 e. The zero-order chi connectivity index (χ0) is 8.39. The normalized spacial score (nSPS) is 36.8. The lowest BCUT2D eigenvalue weighted by molar-refractivity contribution is 0.116. The summed E-state index contributed by atoms with van der Waals surface area (Å²) < 4.78 is 0. The topological polar surface area (TPSA) is 3.24 Å². The first-order valence-corrected chi connectivity index (χ1v) is 5.67. The van der Waals surface area contributed by atoms with Gasteiger partial charge in [0.2, 0.25) is 0 Å². The first-order valence-electron chi connectivity index (χ1n) is 5.67. The molecule has 2 aliphatic rings. The molecule has 0 aromatic heterocycles. The van der Waals surface area contributed by atoms with Crippen molar-refractivity contribution in [1.29, 1.82) is 0 Å². The van der Waals surface area contributed by atoms with Crippen LogP contribution in [0, 0.1) is 0 Å². The molecule has 0 N–H and O–H groups in total. The van der Waals surface area contributed by atoms with Gasteiger partial charge in [-0.2, -0.15) is 0 Å². The van der Waals surface area contributed by atoms with E-state index in [0.29, 0.717) is 0 Å². The Balaban J connectivity index is 1.94. The van der Waals surface area contributed by atoms with Crippen molar-refractivity contribution in [3.8, 4) is 0 Å². The molecule has 0 aliphatic carbocycles. The third-order valence-electron chi connectivity index (χ3n) is 3.59. The number of rotatable bonds is 2. The second-order valence-electron chi connectivity index (χ2n) is 4.41. The lowest BCUT2D eigenvalue weighted by Gasteiger charge is -2.37. The van der Waals surface area contributed by atoms with Crippen LogP contribution in [-0.4, -0.2) is 23.5 Å². The average Bonchev–Trinajstić information content (AvgIpc) is 2.53. The van der Waals surface area contributed by atoms with Crippen LogP contribution in [0.5, 0.6) is 0 Å². The standard InChI is InChI=1S/C11H21N/c1-2-5-10-6-3-7-11-8-4-9-12(10)11/h10-11H,2-9H2,1H3/t10-,11-/m0/s1. The van der Waals surface area contributed by atoms with E-state index in [2.05, 4.69) is 11.8 Å². The minimum atomic E-state index is 0.955. The second-order valence-corrected chi connectivity index (χ2v) is 4.41. The van der Waals surface area contributed by atoms with Gasteiger partial charge in [0.15, 0.2) is 0 Å². The Morgan fingerprint density at radius 2 is 2.00 bits per heavy atom. The Hall–Kier alpha value is -0.0400. The number of piperidine rings is 1. The van der Waals surface area contributed by atoms with E-state index < -0.39 is 0 Å². The molecule has 2 atom stereocenters. The third kappa shape index (κ3) is 1.52. The van der Waals surface area contributed by atoms with Gasteiger partial charge in [-0.25, -0.2) is 0 Å². The van der Waals surface area contributed by atoms with Gasteiger partial charge in [0, 0.05) is 12.1 Å². The van der Waals surface area contributed by atoms with E-state index in [0.717, 1.165) is 12.1 Å². The number of hydrogen-bond acceptors (Lipinski definition) is 1. The highest BCUT2D eigenvalue weighted by molar-refractivity contribution is 4.88. The molecule has 2 rings (SSSR count).